The Bertz CT molecular complexity index is 571. The van der Waals surface area contributed by atoms with Gasteiger partial charge in [-0.05, 0) is 19.4 Å². The summed E-state index contributed by atoms with van der Waals surface area (Å²) in [5, 5.41) is 13.8. The molecule has 0 amide bonds. The zero-order chi connectivity index (χ0) is 15.2. The summed E-state index contributed by atoms with van der Waals surface area (Å²) in [6, 6.07) is 4.48. The number of hydrogen-bond acceptors (Lipinski definition) is 6. The molecule has 0 heterocycles. The van der Waals surface area contributed by atoms with E-state index in [2.05, 4.69) is 5.32 Å². The molecule has 0 saturated heterocycles. The number of rotatable bonds is 8. The van der Waals surface area contributed by atoms with Crippen LogP contribution >= 0.6 is 0 Å². The minimum absolute atomic E-state index is 0.0893. The molecule has 1 aromatic rings. The molecule has 0 spiro atoms. The molecule has 0 aliphatic carbocycles. The molecule has 8 heteroatoms. The normalized spacial score (nSPS) is 11.1. The van der Waals surface area contributed by atoms with Crippen LogP contribution in [0, 0.1) is 10.1 Å². The van der Waals surface area contributed by atoms with Gasteiger partial charge in [-0.3, -0.25) is 10.1 Å². The second-order valence-electron chi connectivity index (χ2n) is 4.28. The van der Waals surface area contributed by atoms with Crippen LogP contribution in [0.4, 0.5) is 11.4 Å². The number of hydrogen-bond donors (Lipinski definition) is 1. The first-order chi connectivity index (χ1) is 9.33. The molecule has 7 nitrogen and oxygen atoms in total. The summed E-state index contributed by atoms with van der Waals surface area (Å²) < 4.78 is 27.2. The van der Waals surface area contributed by atoms with Crippen LogP contribution in [0.2, 0.25) is 0 Å². The lowest BCUT2D eigenvalue weighted by atomic mass is 10.2. The largest absolute Gasteiger partial charge is 0.487 e. The highest BCUT2D eigenvalue weighted by Gasteiger charge is 2.15. The maximum absolute atomic E-state index is 11.0. The first kappa shape index (κ1) is 16.2. The second-order valence-corrected chi connectivity index (χ2v) is 6.54. The van der Waals surface area contributed by atoms with Gasteiger partial charge in [-0.15, -0.1) is 0 Å². The van der Waals surface area contributed by atoms with Crippen molar-refractivity contribution in [2.45, 2.75) is 13.3 Å². The molecule has 0 aliphatic heterocycles. The Morgan fingerprint density at radius 2 is 2.10 bits per heavy atom. The van der Waals surface area contributed by atoms with Crippen molar-refractivity contribution in [2.24, 2.45) is 0 Å². The van der Waals surface area contributed by atoms with E-state index in [1.165, 1.54) is 12.3 Å². The predicted octanol–water partition coefficient (Wildman–Crippen LogP) is 1.84. The number of sulfone groups is 1. The fourth-order valence-corrected chi connectivity index (χ4v) is 2.28. The molecule has 0 bridgehead atoms. The number of benzene rings is 1. The van der Waals surface area contributed by atoms with Crippen LogP contribution in [-0.4, -0.2) is 38.5 Å². The van der Waals surface area contributed by atoms with E-state index in [-0.39, 0.29) is 17.2 Å². The van der Waals surface area contributed by atoms with Crippen molar-refractivity contribution in [2.75, 3.05) is 30.5 Å². The molecular formula is C12H18N2O5S. The van der Waals surface area contributed by atoms with Crippen molar-refractivity contribution >= 4 is 21.2 Å². The van der Waals surface area contributed by atoms with E-state index in [1.807, 2.05) is 0 Å². The number of ether oxygens (including phenoxy) is 1. The Hall–Kier alpha value is -1.83. The fraction of sp³-hybridized carbons (Fsp3) is 0.500. The van der Waals surface area contributed by atoms with Gasteiger partial charge < -0.3 is 10.1 Å². The summed E-state index contributed by atoms with van der Waals surface area (Å²) in [4.78, 5) is 10.3. The zero-order valence-electron chi connectivity index (χ0n) is 11.5. The molecule has 1 rings (SSSR count). The van der Waals surface area contributed by atoms with Gasteiger partial charge in [0.25, 0.3) is 0 Å². The molecule has 0 saturated carbocycles. The fourth-order valence-electron chi connectivity index (χ4n) is 1.61. The number of nitrogens with one attached hydrogen (secondary N) is 1. The summed E-state index contributed by atoms with van der Waals surface area (Å²) in [5.74, 6) is 0.302. The van der Waals surface area contributed by atoms with Crippen LogP contribution in [0.15, 0.2) is 18.2 Å². The quantitative estimate of drug-likeness (QED) is 0.447. The van der Waals surface area contributed by atoms with Gasteiger partial charge in [0.1, 0.15) is 9.84 Å². The molecule has 20 heavy (non-hydrogen) atoms. The molecule has 112 valence electrons. The topological polar surface area (TPSA) is 98.5 Å². The SMILES string of the molecule is CCOc1cc(NCCCS(C)(=O)=O)ccc1[N+](=O)[O-]. The average molecular weight is 302 g/mol. The zero-order valence-corrected chi connectivity index (χ0v) is 12.3. The van der Waals surface area contributed by atoms with Crippen molar-refractivity contribution in [1.82, 2.24) is 0 Å². The van der Waals surface area contributed by atoms with Crippen molar-refractivity contribution in [3.05, 3.63) is 28.3 Å². The lowest BCUT2D eigenvalue weighted by molar-refractivity contribution is -0.385. The summed E-state index contributed by atoms with van der Waals surface area (Å²) in [7, 11) is -2.97. The summed E-state index contributed by atoms with van der Waals surface area (Å²) in [6.45, 7) is 2.55. The molecular weight excluding hydrogens is 284 g/mol. The van der Waals surface area contributed by atoms with Crippen molar-refractivity contribution in [3.8, 4) is 5.75 Å². The lowest BCUT2D eigenvalue weighted by Gasteiger charge is -2.09. The molecule has 1 aromatic carbocycles. The Balaban J connectivity index is 2.67. The predicted molar refractivity (Wildman–Crippen MR) is 77.1 cm³/mol. The van der Waals surface area contributed by atoms with Crippen molar-refractivity contribution in [3.63, 3.8) is 0 Å². The maximum Gasteiger partial charge on any atom is 0.311 e. The smallest absolute Gasteiger partial charge is 0.311 e. The third-order valence-electron chi connectivity index (χ3n) is 2.48. The third-order valence-corrected chi connectivity index (χ3v) is 3.51. The van der Waals surface area contributed by atoms with Gasteiger partial charge >= 0.3 is 5.69 Å². The van der Waals surface area contributed by atoms with Crippen molar-refractivity contribution in [1.29, 1.82) is 0 Å². The number of anilines is 1. The van der Waals surface area contributed by atoms with E-state index < -0.39 is 14.8 Å². The Kier molecular flexibility index (Phi) is 5.75. The van der Waals surface area contributed by atoms with Gasteiger partial charge in [-0.1, -0.05) is 0 Å². The van der Waals surface area contributed by atoms with E-state index >= 15 is 0 Å². The number of nitro groups is 1. The minimum Gasteiger partial charge on any atom is -0.487 e. The molecule has 0 unspecified atom stereocenters. The first-order valence-electron chi connectivity index (χ1n) is 6.16. The number of nitrogens with zero attached hydrogens (tertiary/aromatic N) is 1. The molecule has 0 aliphatic rings. The first-order valence-corrected chi connectivity index (χ1v) is 8.22. The van der Waals surface area contributed by atoms with Gasteiger partial charge in [0.15, 0.2) is 5.75 Å². The summed E-state index contributed by atoms with van der Waals surface area (Å²) >= 11 is 0. The molecule has 0 radical (unpaired) electrons. The highest BCUT2D eigenvalue weighted by Crippen LogP contribution is 2.30. The van der Waals surface area contributed by atoms with Gasteiger partial charge in [-0.2, -0.15) is 0 Å². The molecule has 1 N–H and O–H groups in total. The van der Waals surface area contributed by atoms with Crippen LogP contribution in [0.3, 0.4) is 0 Å². The van der Waals surface area contributed by atoms with Crippen LogP contribution in [0.25, 0.3) is 0 Å². The van der Waals surface area contributed by atoms with E-state index in [9.17, 15) is 18.5 Å². The minimum atomic E-state index is -2.97. The Labute approximate surface area is 118 Å². The van der Waals surface area contributed by atoms with Crippen LogP contribution in [0.5, 0.6) is 5.75 Å². The molecule has 0 fully saturated rings. The van der Waals surface area contributed by atoms with Gasteiger partial charge in [0, 0.05) is 30.6 Å². The summed E-state index contributed by atoms with van der Waals surface area (Å²) in [6.07, 6.45) is 1.66. The van der Waals surface area contributed by atoms with Crippen LogP contribution in [-0.2, 0) is 9.84 Å². The maximum atomic E-state index is 11.0. The second kappa shape index (κ2) is 7.09. The highest BCUT2D eigenvalue weighted by molar-refractivity contribution is 7.90. The monoisotopic (exact) mass is 302 g/mol. The van der Waals surface area contributed by atoms with E-state index in [4.69, 9.17) is 4.74 Å². The van der Waals surface area contributed by atoms with E-state index in [0.29, 0.717) is 25.3 Å². The van der Waals surface area contributed by atoms with E-state index in [1.54, 1.807) is 19.1 Å². The standard InChI is InChI=1S/C12H18N2O5S/c1-3-19-12-9-10(5-6-11(12)14(15)16)13-7-4-8-20(2,17)18/h5-6,9,13H,3-4,7-8H2,1-2H3. The Morgan fingerprint density at radius 3 is 2.65 bits per heavy atom. The molecule has 0 aromatic heterocycles. The van der Waals surface area contributed by atoms with E-state index in [0.717, 1.165) is 0 Å². The van der Waals surface area contributed by atoms with Crippen LogP contribution in [0.1, 0.15) is 13.3 Å². The van der Waals surface area contributed by atoms with Gasteiger partial charge in [0.05, 0.1) is 17.3 Å². The molecule has 0 atom stereocenters. The van der Waals surface area contributed by atoms with Crippen molar-refractivity contribution < 1.29 is 18.1 Å². The lowest BCUT2D eigenvalue weighted by Crippen LogP contribution is -2.10. The number of nitro benzene ring substituents is 1. The Morgan fingerprint density at radius 1 is 1.40 bits per heavy atom. The van der Waals surface area contributed by atoms with Crippen LogP contribution < -0.4 is 10.1 Å². The highest BCUT2D eigenvalue weighted by atomic mass is 32.2. The van der Waals surface area contributed by atoms with Gasteiger partial charge in [0.2, 0.25) is 0 Å². The average Bonchev–Trinajstić information content (AvgIpc) is 2.34. The third kappa shape index (κ3) is 5.43. The summed E-state index contributed by atoms with van der Waals surface area (Å²) in [5.41, 5.74) is 0.570. The van der Waals surface area contributed by atoms with Gasteiger partial charge in [-0.25, -0.2) is 8.42 Å².